The van der Waals surface area contributed by atoms with Gasteiger partial charge in [0.1, 0.15) is 12.1 Å². The molecule has 4 unspecified atom stereocenters. The van der Waals surface area contributed by atoms with Crippen LogP contribution < -0.4 is 21.7 Å². The first kappa shape index (κ1) is 37.1. The molecule has 46 heavy (non-hydrogen) atoms. The van der Waals surface area contributed by atoms with Gasteiger partial charge in [0.05, 0.1) is 19.8 Å². The van der Waals surface area contributed by atoms with Gasteiger partial charge in [-0.3, -0.25) is 23.7 Å². The van der Waals surface area contributed by atoms with E-state index >= 15 is 8.78 Å². The largest absolute Gasteiger partial charge is 0.404 e. The van der Waals surface area contributed by atoms with Crippen molar-refractivity contribution >= 4 is 43.0 Å². The van der Waals surface area contributed by atoms with E-state index in [9.17, 15) is 23.7 Å². The number of primary amides is 1. The number of rotatable bonds is 16. The summed E-state index contributed by atoms with van der Waals surface area (Å²) in [5.74, 6) is -1.59. The Hall–Kier alpha value is -3.35. The fourth-order valence-electron chi connectivity index (χ4n) is 5.89. The molecule has 2 aliphatic heterocycles. The molecule has 4 atom stereocenters. The summed E-state index contributed by atoms with van der Waals surface area (Å²) >= 11 is 0. The number of benzene rings is 1. The first-order valence-electron chi connectivity index (χ1n) is 15.8. The van der Waals surface area contributed by atoms with Crippen molar-refractivity contribution in [3.63, 3.8) is 0 Å². The fourth-order valence-corrected chi connectivity index (χ4v) is 7.42. The van der Waals surface area contributed by atoms with Crippen molar-refractivity contribution < 1.29 is 41.6 Å². The number of hydrogen-bond acceptors (Lipinski definition) is 8. The Morgan fingerprint density at radius 3 is 2.46 bits per heavy atom. The van der Waals surface area contributed by atoms with Crippen LogP contribution in [-0.2, 0) is 38.5 Å². The van der Waals surface area contributed by atoms with E-state index < -0.39 is 42.7 Å². The zero-order valence-electron chi connectivity index (χ0n) is 26.7. The van der Waals surface area contributed by atoms with Crippen LogP contribution in [0.1, 0.15) is 83.3 Å². The maximum absolute atomic E-state index is 15.3. The first-order valence-corrected chi connectivity index (χ1v) is 17.3. The third-order valence-corrected chi connectivity index (χ3v) is 10.3. The Labute approximate surface area is 268 Å². The van der Waals surface area contributed by atoms with Gasteiger partial charge in [-0.15, -0.1) is 0 Å². The van der Waals surface area contributed by atoms with Gasteiger partial charge in [-0.2, -0.15) is 8.78 Å². The standard InChI is InChI=1S/C31H46F2N5O7P/c1-5-21-18-22(31(32,33)46(43,44-6-2)45-7-3)13-15-24(21)35-19-28(40)37-25-11-9-8-10-23-14-16-26(38(23)30(25)42)29(41)36-20(4)12-17-27(34)39/h5,13,15,18,20,23,25-26,35H,1,6-12,14,16-17,19H2,2-4H3,(H2,34,39)(H,36,41)(H,37,40). The molecule has 2 fully saturated rings. The van der Waals surface area contributed by atoms with E-state index in [-0.39, 0.29) is 55.6 Å². The van der Waals surface area contributed by atoms with Gasteiger partial charge >= 0.3 is 13.3 Å². The Morgan fingerprint density at radius 2 is 1.83 bits per heavy atom. The smallest absolute Gasteiger partial charge is 0.376 e. The lowest BCUT2D eigenvalue weighted by molar-refractivity contribution is -0.144. The number of carbonyl (C=O) groups is 4. The second kappa shape index (κ2) is 16.5. The summed E-state index contributed by atoms with van der Waals surface area (Å²) in [4.78, 5) is 52.6. The highest BCUT2D eigenvalue weighted by atomic mass is 31.2. The summed E-state index contributed by atoms with van der Waals surface area (Å²) < 4.78 is 53.2. The summed E-state index contributed by atoms with van der Waals surface area (Å²) in [7, 11) is -4.82. The van der Waals surface area contributed by atoms with Crippen LogP contribution in [0.4, 0.5) is 14.5 Å². The molecule has 2 heterocycles. The minimum atomic E-state index is -4.82. The first-order chi connectivity index (χ1) is 21.8. The van der Waals surface area contributed by atoms with Crippen molar-refractivity contribution in [2.45, 2.75) is 102 Å². The normalized spacial score (nSPS) is 21.0. The van der Waals surface area contributed by atoms with Gasteiger partial charge in [0.25, 0.3) is 0 Å². The fraction of sp³-hybridized carbons (Fsp3) is 0.613. The molecule has 256 valence electrons. The zero-order chi connectivity index (χ0) is 34.1. The molecule has 12 nitrogen and oxygen atoms in total. The van der Waals surface area contributed by atoms with Crippen LogP contribution in [-0.4, -0.2) is 72.5 Å². The molecule has 2 aliphatic rings. The molecule has 15 heteroatoms. The van der Waals surface area contributed by atoms with Crippen molar-refractivity contribution in [1.29, 1.82) is 0 Å². The van der Waals surface area contributed by atoms with Gasteiger partial charge < -0.3 is 35.6 Å². The lowest BCUT2D eigenvalue weighted by Gasteiger charge is -2.35. The van der Waals surface area contributed by atoms with Crippen molar-refractivity contribution in [2.75, 3.05) is 25.1 Å². The van der Waals surface area contributed by atoms with E-state index in [1.165, 1.54) is 26.0 Å². The summed E-state index contributed by atoms with van der Waals surface area (Å²) in [6.07, 6.45) is 5.73. The number of nitrogens with one attached hydrogen (secondary N) is 3. The van der Waals surface area contributed by atoms with Crippen LogP contribution in [0, 0.1) is 0 Å². The number of nitrogens with two attached hydrogens (primary N) is 1. The molecule has 0 bridgehead atoms. The SMILES string of the molecule is C=Cc1cc(C(F)(F)P(=O)(OCC)OCC)ccc1NCC(=O)NC1CCCCC2CCC(C(=O)NC(C)CCC(N)=O)N2C1=O. The number of carbonyl (C=O) groups excluding carboxylic acids is 4. The van der Waals surface area contributed by atoms with Crippen molar-refractivity contribution in [3.05, 3.63) is 35.9 Å². The molecule has 2 saturated heterocycles. The van der Waals surface area contributed by atoms with E-state index in [4.69, 9.17) is 14.8 Å². The number of nitrogens with zero attached hydrogens (tertiary/aromatic N) is 1. The molecule has 0 saturated carbocycles. The molecular formula is C31H46F2N5O7P. The number of halogens is 2. The van der Waals surface area contributed by atoms with Crippen LogP contribution in [0.15, 0.2) is 24.8 Å². The number of fused-ring (bicyclic) bond motifs is 1. The van der Waals surface area contributed by atoms with E-state index in [0.29, 0.717) is 31.4 Å². The van der Waals surface area contributed by atoms with Crippen LogP contribution in [0.25, 0.3) is 6.08 Å². The monoisotopic (exact) mass is 669 g/mol. The highest BCUT2D eigenvalue weighted by molar-refractivity contribution is 7.54. The maximum Gasteiger partial charge on any atom is 0.404 e. The molecule has 5 N–H and O–H groups in total. The lowest BCUT2D eigenvalue weighted by Crippen LogP contribution is -2.57. The van der Waals surface area contributed by atoms with E-state index in [1.807, 2.05) is 0 Å². The molecule has 3 rings (SSSR count). The Bertz CT molecular complexity index is 1320. The summed E-state index contributed by atoms with van der Waals surface area (Å²) in [6.45, 7) is 7.58. The minimum Gasteiger partial charge on any atom is -0.376 e. The number of hydrogen-bond donors (Lipinski definition) is 4. The Morgan fingerprint density at radius 1 is 1.15 bits per heavy atom. The van der Waals surface area contributed by atoms with Gasteiger partial charge in [0, 0.05) is 29.8 Å². The molecule has 1 aromatic carbocycles. The lowest BCUT2D eigenvalue weighted by atomic mass is 9.99. The average Bonchev–Trinajstić information content (AvgIpc) is 3.42. The maximum atomic E-state index is 15.3. The van der Waals surface area contributed by atoms with Gasteiger partial charge in [0.2, 0.25) is 23.6 Å². The molecule has 1 aromatic rings. The molecule has 4 amide bonds. The van der Waals surface area contributed by atoms with E-state index in [1.54, 1.807) is 11.8 Å². The Kier molecular flexibility index (Phi) is 13.3. The highest BCUT2D eigenvalue weighted by Crippen LogP contribution is 2.66. The number of alkyl halides is 2. The third-order valence-electron chi connectivity index (χ3n) is 8.19. The van der Waals surface area contributed by atoms with Gasteiger partial charge in [0.15, 0.2) is 0 Å². The number of amides is 4. The van der Waals surface area contributed by atoms with Crippen molar-refractivity contribution in [2.24, 2.45) is 5.73 Å². The predicted octanol–water partition coefficient (Wildman–Crippen LogP) is 4.25. The van der Waals surface area contributed by atoms with Crippen molar-refractivity contribution in [3.8, 4) is 0 Å². The zero-order valence-corrected chi connectivity index (χ0v) is 27.6. The Balaban J connectivity index is 1.68. The molecule has 0 aliphatic carbocycles. The van der Waals surface area contributed by atoms with Crippen LogP contribution in [0.5, 0.6) is 0 Å². The minimum absolute atomic E-state index is 0.116. The van der Waals surface area contributed by atoms with Gasteiger partial charge in [-0.1, -0.05) is 31.6 Å². The summed E-state index contributed by atoms with van der Waals surface area (Å²) in [6, 6.07) is 1.55. The van der Waals surface area contributed by atoms with Crippen molar-refractivity contribution in [1.82, 2.24) is 15.5 Å². The number of anilines is 1. The third kappa shape index (κ3) is 8.92. The van der Waals surface area contributed by atoms with Gasteiger partial charge in [-0.25, -0.2) is 0 Å². The topological polar surface area (TPSA) is 169 Å². The van der Waals surface area contributed by atoms with Gasteiger partial charge in [-0.05, 0) is 70.6 Å². The van der Waals surface area contributed by atoms with E-state index in [2.05, 4.69) is 22.5 Å². The van der Waals surface area contributed by atoms with Crippen LogP contribution >= 0.6 is 7.60 Å². The molecule has 0 radical (unpaired) electrons. The molecular weight excluding hydrogens is 623 g/mol. The summed E-state index contributed by atoms with van der Waals surface area (Å²) in [5.41, 5.74) is 1.23. The highest BCUT2D eigenvalue weighted by Gasteiger charge is 2.55. The average molecular weight is 670 g/mol. The predicted molar refractivity (Wildman–Crippen MR) is 170 cm³/mol. The quantitative estimate of drug-likeness (QED) is 0.190. The molecule has 0 aromatic heterocycles. The second-order valence-electron chi connectivity index (χ2n) is 11.5. The van der Waals surface area contributed by atoms with E-state index in [0.717, 1.165) is 31.4 Å². The molecule has 0 spiro atoms. The second-order valence-corrected chi connectivity index (χ2v) is 13.6. The van der Waals surface area contributed by atoms with Crippen LogP contribution in [0.3, 0.4) is 0 Å². The summed E-state index contributed by atoms with van der Waals surface area (Å²) in [5, 5.41) is 8.56. The van der Waals surface area contributed by atoms with Crippen LogP contribution in [0.2, 0.25) is 0 Å².